The molecular weight excluding hydrogens is 311 g/mol. The van der Waals surface area contributed by atoms with E-state index in [-0.39, 0.29) is 18.5 Å². The van der Waals surface area contributed by atoms with E-state index in [1.165, 1.54) is 12.1 Å². The molecule has 0 fully saturated rings. The zero-order valence-electron chi connectivity index (χ0n) is 13.5. The van der Waals surface area contributed by atoms with Crippen LogP contribution in [0.3, 0.4) is 0 Å². The van der Waals surface area contributed by atoms with E-state index in [0.717, 1.165) is 42.9 Å². The van der Waals surface area contributed by atoms with Crippen LogP contribution in [-0.2, 0) is 24.1 Å². The zero-order chi connectivity index (χ0) is 16.7. The van der Waals surface area contributed by atoms with Crippen LogP contribution >= 0.6 is 0 Å². The number of ether oxygens (including phenoxy) is 2. The van der Waals surface area contributed by atoms with Crippen LogP contribution in [-0.4, -0.2) is 28.2 Å². The minimum Gasteiger partial charge on any atom is -0.486 e. The standard InChI is InChI=1S/C18H19FN2O3/c1-11-20-17(15-4-2-3-7-21(11)15)18(22)23-10-14-9-12-8-13(19)5-6-16(12)24-14/h5-6,8,14H,2-4,7,9-10H2,1H3/t14-/m1/s1. The second-order valence-corrected chi connectivity index (χ2v) is 6.36. The van der Waals surface area contributed by atoms with Crippen molar-refractivity contribution < 1.29 is 18.7 Å². The number of fused-ring (bicyclic) bond motifs is 2. The summed E-state index contributed by atoms with van der Waals surface area (Å²) >= 11 is 0. The molecule has 1 atom stereocenters. The van der Waals surface area contributed by atoms with Crippen LogP contribution in [0.5, 0.6) is 5.75 Å². The highest BCUT2D eigenvalue weighted by Crippen LogP contribution is 2.29. The number of carbonyl (C=O) groups is 1. The van der Waals surface area contributed by atoms with Gasteiger partial charge in [-0.15, -0.1) is 0 Å². The zero-order valence-corrected chi connectivity index (χ0v) is 13.5. The van der Waals surface area contributed by atoms with Crippen molar-refractivity contribution in [3.63, 3.8) is 0 Å². The predicted molar refractivity (Wildman–Crippen MR) is 84.7 cm³/mol. The van der Waals surface area contributed by atoms with Gasteiger partial charge in [-0.25, -0.2) is 14.2 Å². The van der Waals surface area contributed by atoms with Crippen molar-refractivity contribution in [1.82, 2.24) is 9.55 Å². The summed E-state index contributed by atoms with van der Waals surface area (Å²) in [6.07, 6.45) is 3.31. The van der Waals surface area contributed by atoms with Gasteiger partial charge in [0.1, 0.15) is 30.1 Å². The van der Waals surface area contributed by atoms with Crippen LogP contribution in [0.4, 0.5) is 4.39 Å². The summed E-state index contributed by atoms with van der Waals surface area (Å²) in [7, 11) is 0. The van der Waals surface area contributed by atoms with Crippen molar-refractivity contribution in [2.75, 3.05) is 6.61 Å². The molecule has 24 heavy (non-hydrogen) atoms. The van der Waals surface area contributed by atoms with Gasteiger partial charge in [0.15, 0.2) is 5.69 Å². The van der Waals surface area contributed by atoms with E-state index in [2.05, 4.69) is 9.55 Å². The number of aromatic nitrogens is 2. The summed E-state index contributed by atoms with van der Waals surface area (Å²) < 4.78 is 26.5. The van der Waals surface area contributed by atoms with E-state index in [0.29, 0.717) is 17.9 Å². The third-order valence-electron chi connectivity index (χ3n) is 4.67. The molecular formula is C18H19FN2O3. The maximum absolute atomic E-state index is 13.2. The molecule has 2 aliphatic rings. The van der Waals surface area contributed by atoms with Crippen LogP contribution < -0.4 is 4.74 Å². The van der Waals surface area contributed by atoms with Crippen molar-refractivity contribution in [3.05, 3.63) is 46.8 Å². The quantitative estimate of drug-likeness (QED) is 0.812. The normalized spacial score (nSPS) is 18.7. The Kier molecular flexibility index (Phi) is 3.75. The van der Waals surface area contributed by atoms with Gasteiger partial charge in [-0.05, 0) is 44.4 Å². The molecule has 4 rings (SSSR count). The van der Waals surface area contributed by atoms with Crippen molar-refractivity contribution in [2.45, 2.75) is 45.3 Å². The first kappa shape index (κ1) is 15.2. The van der Waals surface area contributed by atoms with E-state index in [9.17, 15) is 9.18 Å². The lowest BCUT2D eigenvalue weighted by Gasteiger charge is -2.16. The van der Waals surface area contributed by atoms with Crippen molar-refractivity contribution >= 4 is 5.97 Å². The van der Waals surface area contributed by atoms with E-state index >= 15 is 0 Å². The molecule has 0 saturated heterocycles. The van der Waals surface area contributed by atoms with Gasteiger partial charge in [0.05, 0.1) is 5.69 Å². The van der Waals surface area contributed by atoms with Gasteiger partial charge < -0.3 is 14.0 Å². The monoisotopic (exact) mass is 330 g/mol. The third-order valence-corrected chi connectivity index (χ3v) is 4.67. The number of imidazole rings is 1. The molecule has 0 amide bonds. The lowest BCUT2D eigenvalue weighted by atomic mass is 10.1. The molecule has 0 unspecified atom stereocenters. The first-order valence-electron chi connectivity index (χ1n) is 8.30. The molecule has 5 nitrogen and oxygen atoms in total. The summed E-state index contributed by atoms with van der Waals surface area (Å²) in [5.74, 6) is 0.832. The van der Waals surface area contributed by atoms with Gasteiger partial charge in [-0.3, -0.25) is 0 Å². The Morgan fingerprint density at radius 3 is 3.21 bits per heavy atom. The predicted octanol–water partition coefficient (Wildman–Crippen LogP) is 2.83. The maximum atomic E-state index is 13.2. The lowest BCUT2D eigenvalue weighted by Crippen LogP contribution is -2.24. The van der Waals surface area contributed by atoms with E-state index in [1.54, 1.807) is 6.07 Å². The lowest BCUT2D eigenvalue weighted by molar-refractivity contribution is 0.0339. The number of benzene rings is 1. The van der Waals surface area contributed by atoms with Gasteiger partial charge in [-0.2, -0.15) is 0 Å². The average Bonchev–Trinajstić information content (AvgIpc) is 3.13. The average molecular weight is 330 g/mol. The van der Waals surface area contributed by atoms with Crippen molar-refractivity contribution in [1.29, 1.82) is 0 Å². The number of carbonyl (C=O) groups excluding carboxylic acids is 1. The minimum atomic E-state index is -0.403. The Hall–Kier alpha value is -2.37. The number of hydrogen-bond acceptors (Lipinski definition) is 4. The van der Waals surface area contributed by atoms with Gasteiger partial charge in [-0.1, -0.05) is 0 Å². The highest BCUT2D eigenvalue weighted by atomic mass is 19.1. The molecule has 6 heteroatoms. The molecule has 126 valence electrons. The SMILES string of the molecule is Cc1nc(C(=O)OC[C@H]2Cc3cc(F)ccc3O2)c2n1CCCC2. The molecule has 2 aliphatic heterocycles. The molecule has 1 aromatic heterocycles. The largest absolute Gasteiger partial charge is 0.486 e. The van der Waals surface area contributed by atoms with Crippen molar-refractivity contribution in [2.24, 2.45) is 0 Å². The summed E-state index contributed by atoms with van der Waals surface area (Å²) in [4.78, 5) is 16.8. The van der Waals surface area contributed by atoms with Crippen LogP contribution in [0.1, 0.15) is 40.4 Å². The van der Waals surface area contributed by atoms with E-state index < -0.39 is 5.97 Å². The van der Waals surface area contributed by atoms with Gasteiger partial charge in [0.2, 0.25) is 0 Å². The fourth-order valence-electron chi connectivity index (χ4n) is 3.50. The number of hydrogen-bond donors (Lipinski definition) is 0. The van der Waals surface area contributed by atoms with Crippen LogP contribution in [0.25, 0.3) is 0 Å². The summed E-state index contributed by atoms with van der Waals surface area (Å²) in [6.45, 7) is 2.96. The van der Waals surface area contributed by atoms with Gasteiger partial charge in [0.25, 0.3) is 0 Å². The number of nitrogens with zero attached hydrogens (tertiary/aromatic N) is 2. The molecule has 0 aliphatic carbocycles. The Balaban J connectivity index is 1.41. The minimum absolute atomic E-state index is 0.139. The molecule has 0 bridgehead atoms. The summed E-state index contributed by atoms with van der Waals surface area (Å²) in [5, 5.41) is 0. The first-order chi connectivity index (χ1) is 11.6. The van der Waals surface area contributed by atoms with Crippen LogP contribution in [0.2, 0.25) is 0 Å². The van der Waals surface area contributed by atoms with Gasteiger partial charge in [0, 0.05) is 18.5 Å². The second-order valence-electron chi connectivity index (χ2n) is 6.36. The third kappa shape index (κ3) is 2.66. The fraction of sp³-hybridized carbons (Fsp3) is 0.444. The fourth-order valence-corrected chi connectivity index (χ4v) is 3.50. The highest BCUT2D eigenvalue weighted by molar-refractivity contribution is 5.88. The number of esters is 1. The number of halogens is 1. The van der Waals surface area contributed by atoms with Gasteiger partial charge >= 0.3 is 5.97 Å². The second kappa shape index (κ2) is 5.92. The summed E-state index contributed by atoms with van der Waals surface area (Å²) in [6, 6.07) is 4.45. The molecule has 0 saturated carbocycles. The first-order valence-corrected chi connectivity index (χ1v) is 8.30. The Labute approximate surface area is 139 Å². The van der Waals surface area contributed by atoms with E-state index in [4.69, 9.17) is 9.47 Å². The van der Waals surface area contributed by atoms with E-state index in [1.807, 2.05) is 6.92 Å². The summed E-state index contributed by atoms with van der Waals surface area (Å²) in [5.41, 5.74) is 2.21. The molecule has 3 heterocycles. The maximum Gasteiger partial charge on any atom is 0.358 e. The topological polar surface area (TPSA) is 53.4 Å². The molecule has 0 N–H and O–H groups in total. The Morgan fingerprint density at radius 1 is 1.46 bits per heavy atom. The number of aryl methyl sites for hydroxylation is 1. The molecule has 1 aromatic carbocycles. The smallest absolute Gasteiger partial charge is 0.358 e. The van der Waals surface area contributed by atoms with Crippen LogP contribution in [0.15, 0.2) is 18.2 Å². The van der Waals surface area contributed by atoms with Crippen LogP contribution in [0, 0.1) is 12.7 Å². The molecule has 2 aromatic rings. The molecule has 0 radical (unpaired) electrons. The molecule has 0 spiro atoms. The Bertz CT molecular complexity index is 800. The van der Waals surface area contributed by atoms with Crippen molar-refractivity contribution in [3.8, 4) is 5.75 Å². The Morgan fingerprint density at radius 2 is 2.33 bits per heavy atom. The highest BCUT2D eigenvalue weighted by Gasteiger charge is 2.27. The number of rotatable bonds is 3.